The van der Waals surface area contributed by atoms with Crippen molar-refractivity contribution in [3.8, 4) is 22.5 Å². The molecular formula is C30H30N5Y-. The van der Waals surface area contributed by atoms with Gasteiger partial charge in [0.05, 0.1) is 5.69 Å². The molecule has 179 valence electrons. The summed E-state index contributed by atoms with van der Waals surface area (Å²) >= 11 is 0. The van der Waals surface area contributed by atoms with Gasteiger partial charge in [0.25, 0.3) is 0 Å². The van der Waals surface area contributed by atoms with Crippen LogP contribution in [0.4, 0.5) is 5.82 Å². The summed E-state index contributed by atoms with van der Waals surface area (Å²) < 4.78 is 2.18. The molecule has 0 spiro atoms. The van der Waals surface area contributed by atoms with Crippen LogP contribution in [-0.2, 0) is 32.7 Å². The smallest absolute Gasteiger partial charge is 0.150 e. The summed E-state index contributed by atoms with van der Waals surface area (Å²) in [6.07, 6.45) is 9.94. The molecule has 5 nitrogen and oxygen atoms in total. The minimum atomic E-state index is 0. The van der Waals surface area contributed by atoms with Gasteiger partial charge in [-0.25, -0.2) is 9.97 Å². The fourth-order valence-electron chi connectivity index (χ4n) is 5.66. The molecule has 1 aliphatic carbocycles. The van der Waals surface area contributed by atoms with Crippen LogP contribution in [0, 0.1) is 18.9 Å². The average Bonchev–Trinajstić information content (AvgIpc) is 3.30. The van der Waals surface area contributed by atoms with Gasteiger partial charge >= 0.3 is 0 Å². The number of benzene rings is 2. The van der Waals surface area contributed by atoms with E-state index in [0.717, 1.165) is 56.2 Å². The molecule has 0 amide bonds. The summed E-state index contributed by atoms with van der Waals surface area (Å²) in [6.45, 7) is 4.43. The van der Waals surface area contributed by atoms with Crippen LogP contribution < -0.4 is 5.73 Å². The molecule has 6 rings (SSSR count). The summed E-state index contributed by atoms with van der Waals surface area (Å²) in [5.74, 6) is 2.90. The first kappa shape index (κ1) is 25.0. The predicted octanol–water partition coefficient (Wildman–Crippen LogP) is 6.98. The van der Waals surface area contributed by atoms with Crippen molar-refractivity contribution in [1.29, 1.82) is 0 Å². The third kappa shape index (κ3) is 4.37. The second-order valence-electron chi connectivity index (χ2n) is 9.76. The first-order valence-electron chi connectivity index (χ1n) is 12.6. The number of nitrogen functional groups attached to an aromatic ring is 1. The zero-order chi connectivity index (χ0) is 23.9. The summed E-state index contributed by atoms with van der Waals surface area (Å²) in [4.78, 5) is 14.7. The summed E-state index contributed by atoms with van der Waals surface area (Å²) in [6, 6.07) is 19.9. The zero-order valence-corrected chi connectivity index (χ0v) is 23.7. The van der Waals surface area contributed by atoms with Crippen molar-refractivity contribution in [3.63, 3.8) is 0 Å². The Morgan fingerprint density at radius 3 is 2.56 bits per heavy atom. The minimum Gasteiger partial charge on any atom is -0.382 e. The number of aromatic nitrogens is 4. The summed E-state index contributed by atoms with van der Waals surface area (Å²) in [5.41, 5.74) is 13.3. The standard InChI is InChI=1S/C30H30N5.Y/c1-3-20-9-11-23(12-10-20)30-34-27(28-29(31)32-17-18-35(28)30)24-15-13-22-14-16-25(33-26(22)19(24)2)21-7-5-4-6-8-21;/h4-8,13,15-18,20,23H,3,9-12H2,1-2H3,(H2,31,32);/q-1;. The van der Waals surface area contributed by atoms with Crippen LogP contribution in [0.25, 0.3) is 38.9 Å². The van der Waals surface area contributed by atoms with Crippen LogP contribution in [-0.4, -0.2) is 19.4 Å². The Kier molecular flexibility index (Phi) is 7.23. The quantitative estimate of drug-likeness (QED) is 0.246. The third-order valence-corrected chi connectivity index (χ3v) is 7.75. The molecule has 0 aliphatic heterocycles. The Morgan fingerprint density at radius 1 is 1.03 bits per heavy atom. The molecule has 2 aromatic carbocycles. The Morgan fingerprint density at radius 2 is 1.81 bits per heavy atom. The fraction of sp³-hybridized carbons (Fsp3) is 0.300. The van der Waals surface area contributed by atoms with Crippen molar-refractivity contribution in [2.45, 2.75) is 51.9 Å². The second kappa shape index (κ2) is 10.4. The van der Waals surface area contributed by atoms with Gasteiger partial charge in [-0.05, 0) is 60.9 Å². The van der Waals surface area contributed by atoms with Crippen LogP contribution in [0.15, 0.2) is 60.9 Å². The van der Waals surface area contributed by atoms with Crippen LogP contribution in [0.1, 0.15) is 56.3 Å². The monoisotopic (exact) mass is 549 g/mol. The average molecular weight is 550 g/mol. The molecule has 1 saturated carbocycles. The molecule has 1 radical (unpaired) electrons. The minimum absolute atomic E-state index is 0. The van der Waals surface area contributed by atoms with Crippen molar-refractivity contribution in [2.24, 2.45) is 5.92 Å². The molecule has 3 aromatic heterocycles. The number of fused-ring (bicyclic) bond motifs is 2. The molecule has 2 N–H and O–H groups in total. The van der Waals surface area contributed by atoms with E-state index in [2.05, 4.69) is 53.6 Å². The maximum absolute atomic E-state index is 6.45. The van der Waals surface area contributed by atoms with E-state index in [1.165, 1.54) is 32.1 Å². The maximum atomic E-state index is 6.45. The molecule has 0 atom stereocenters. The maximum Gasteiger partial charge on any atom is 0.150 e. The Balaban J connectivity index is 0.00000267. The van der Waals surface area contributed by atoms with Gasteiger partial charge in [-0.15, -0.1) is 23.6 Å². The van der Waals surface area contributed by atoms with Gasteiger partial charge in [-0.3, -0.25) is 4.40 Å². The second-order valence-corrected chi connectivity index (χ2v) is 9.76. The van der Waals surface area contributed by atoms with E-state index >= 15 is 0 Å². The summed E-state index contributed by atoms with van der Waals surface area (Å²) in [7, 11) is 0. The van der Waals surface area contributed by atoms with Crippen molar-refractivity contribution in [1.82, 2.24) is 19.4 Å². The normalized spacial score (nSPS) is 17.8. The topological polar surface area (TPSA) is 69.1 Å². The van der Waals surface area contributed by atoms with Crippen molar-refractivity contribution in [3.05, 3.63) is 78.4 Å². The zero-order valence-electron chi connectivity index (χ0n) is 20.9. The van der Waals surface area contributed by atoms with E-state index in [0.29, 0.717) is 11.7 Å². The van der Waals surface area contributed by atoms with E-state index in [1.807, 2.05) is 30.5 Å². The SMILES string of the molecule is CCC1CCC(c2nc(-c3ccc4[c-]cc(-c5ccccc5)nc4c3C)c3c(N)nccn23)CC1.[Y]. The molecule has 0 bridgehead atoms. The van der Waals surface area contributed by atoms with Gasteiger partial charge in [-0.1, -0.05) is 55.3 Å². The van der Waals surface area contributed by atoms with E-state index in [-0.39, 0.29) is 32.7 Å². The number of nitrogens with zero attached hydrogens (tertiary/aromatic N) is 4. The predicted molar refractivity (Wildman–Crippen MR) is 142 cm³/mol. The number of hydrogen-bond acceptors (Lipinski definition) is 4. The molecule has 1 aliphatic rings. The van der Waals surface area contributed by atoms with Crippen molar-refractivity contribution < 1.29 is 32.7 Å². The molecule has 3 heterocycles. The Bertz CT molecular complexity index is 1520. The van der Waals surface area contributed by atoms with E-state index in [4.69, 9.17) is 15.7 Å². The first-order chi connectivity index (χ1) is 17.1. The van der Waals surface area contributed by atoms with Gasteiger partial charge in [-0.2, -0.15) is 0 Å². The van der Waals surface area contributed by atoms with Crippen molar-refractivity contribution in [2.75, 3.05) is 5.73 Å². The van der Waals surface area contributed by atoms with Gasteiger partial charge in [0.1, 0.15) is 17.2 Å². The van der Waals surface area contributed by atoms with Crippen molar-refractivity contribution >= 4 is 22.2 Å². The summed E-state index contributed by atoms with van der Waals surface area (Å²) in [5, 5.41) is 0.999. The first-order valence-corrected chi connectivity index (χ1v) is 12.6. The molecule has 1 fully saturated rings. The third-order valence-electron chi connectivity index (χ3n) is 7.75. The van der Waals surface area contributed by atoms with Gasteiger partial charge in [0, 0.05) is 51.0 Å². The molecule has 0 unspecified atom stereocenters. The van der Waals surface area contributed by atoms with Crippen LogP contribution >= 0.6 is 0 Å². The molecule has 0 saturated heterocycles. The fourth-order valence-corrected chi connectivity index (χ4v) is 5.66. The number of nitrogens with two attached hydrogens (primary N) is 1. The molecule has 6 heteroatoms. The largest absolute Gasteiger partial charge is 0.382 e. The number of imidazole rings is 1. The number of hydrogen-bond donors (Lipinski definition) is 1. The Hall–Kier alpha value is -2.63. The van der Waals surface area contributed by atoms with Gasteiger partial charge in [0.2, 0.25) is 0 Å². The Labute approximate surface area is 237 Å². The van der Waals surface area contributed by atoms with Gasteiger partial charge < -0.3 is 10.7 Å². The number of aryl methyl sites for hydroxylation is 1. The van der Waals surface area contributed by atoms with E-state index in [1.54, 1.807) is 6.20 Å². The number of pyridine rings is 1. The van der Waals surface area contributed by atoms with Crippen LogP contribution in [0.3, 0.4) is 0 Å². The van der Waals surface area contributed by atoms with E-state index < -0.39 is 0 Å². The van der Waals surface area contributed by atoms with E-state index in [9.17, 15) is 0 Å². The number of anilines is 1. The molecular weight excluding hydrogens is 519 g/mol. The number of rotatable bonds is 4. The molecule has 5 aromatic rings. The van der Waals surface area contributed by atoms with Crippen LogP contribution in [0.5, 0.6) is 0 Å². The van der Waals surface area contributed by atoms with Crippen LogP contribution in [0.2, 0.25) is 0 Å². The molecule has 36 heavy (non-hydrogen) atoms. The van der Waals surface area contributed by atoms with Gasteiger partial charge in [0.15, 0.2) is 0 Å².